The number of carbonyl (C=O) groups excluding carboxylic acids is 1. The fourth-order valence-electron chi connectivity index (χ4n) is 1.55. The molecule has 1 heterocycles. The standard InChI is InChI=1S/C12H18N2O4/c1-7(2)12(4,5-9(15)16)14-11(17)10-8(3)18-6-13-10/h6-7H,5H2,1-4H3,(H,14,17)(H,15,16). The average Bonchev–Trinajstić information content (AvgIpc) is 2.62. The molecular weight excluding hydrogens is 236 g/mol. The Labute approximate surface area is 105 Å². The number of hydrogen-bond donors (Lipinski definition) is 2. The van der Waals surface area contributed by atoms with Crippen LogP contribution in [-0.2, 0) is 4.79 Å². The number of rotatable bonds is 5. The lowest BCUT2D eigenvalue weighted by atomic mass is 9.85. The maximum atomic E-state index is 12.0. The first-order chi connectivity index (χ1) is 8.26. The van der Waals surface area contributed by atoms with E-state index in [0.717, 1.165) is 0 Å². The second-order valence-electron chi connectivity index (χ2n) is 4.85. The van der Waals surface area contributed by atoms with Gasteiger partial charge in [0, 0.05) is 0 Å². The number of oxazole rings is 1. The zero-order chi connectivity index (χ0) is 13.9. The van der Waals surface area contributed by atoms with Gasteiger partial charge in [0.15, 0.2) is 12.1 Å². The molecule has 1 amide bonds. The molecule has 0 fully saturated rings. The summed E-state index contributed by atoms with van der Waals surface area (Å²) in [6.45, 7) is 7.06. The number of nitrogens with one attached hydrogen (secondary N) is 1. The van der Waals surface area contributed by atoms with Crippen molar-refractivity contribution in [3.8, 4) is 0 Å². The molecule has 1 aromatic heterocycles. The zero-order valence-corrected chi connectivity index (χ0v) is 11.0. The SMILES string of the molecule is Cc1ocnc1C(=O)NC(C)(CC(=O)O)C(C)C. The predicted octanol–water partition coefficient (Wildman–Crippen LogP) is 1.60. The van der Waals surface area contributed by atoms with E-state index in [2.05, 4.69) is 10.3 Å². The molecule has 0 saturated carbocycles. The van der Waals surface area contributed by atoms with Gasteiger partial charge >= 0.3 is 5.97 Å². The summed E-state index contributed by atoms with van der Waals surface area (Å²) in [5, 5.41) is 11.6. The van der Waals surface area contributed by atoms with Crippen molar-refractivity contribution in [3.63, 3.8) is 0 Å². The Morgan fingerprint density at radius 1 is 1.56 bits per heavy atom. The smallest absolute Gasteiger partial charge is 0.305 e. The Morgan fingerprint density at radius 2 is 2.17 bits per heavy atom. The van der Waals surface area contributed by atoms with E-state index in [1.807, 2.05) is 13.8 Å². The molecule has 6 heteroatoms. The second-order valence-corrected chi connectivity index (χ2v) is 4.85. The number of aromatic nitrogens is 1. The first kappa shape index (κ1) is 14.2. The van der Waals surface area contributed by atoms with Crippen molar-refractivity contribution in [3.05, 3.63) is 17.8 Å². The van der Waals surface area contributed by atoms with Crippen LogP contribution in [-0.4, -0.2) is 27.5 Å². The van der Waals surface area contributed by atoms with E-state index >= 15 is 0 Å². The van der Waals surface area contributed by atoms with Crippen LogP contribution in [0.15, 0.2) is 10.8 Å². The number of hydrogen-bond acceptors (Lipinski definition) is 4. The molecule has 1 rings (SSSR count). The molecule has 0 aromatic carbocycles. The summed E-state index contributed by atoms with van der Waals surface area (Å²) in [4.78, 5) is 26.7. The third-order valence-corrected chi connectivity index (χ3v) is 3.15. The quantitative estimate of drug-likeness (QED) is 0.832. The van der Waals surface area contributed by atoms with Crippen molar-refractivity contribution in [2.75, 3.05) is 0 Å². The van der Waals surface area contributed by atoms with Crippen molar-refractivity contribution in [2.24, 2.45) is 5.92 Å². The number of aryl methyl sites for hydroxylation is 1. The van der Waals surface area contributed by atoms with E-state index in [-0.39, 0.29) is 18.0 Å². The third kappa shape index (κ3) is 3.09. The van der Waals surface area contributed by atoms with Crippen LogP contribution in [0.3, 0.4) is 0 Å². The largest absolute Gasteiger partial charge is 0.481 e. The number of nitrogens with zero attached hydrogens (tertiary/aromatic N) is 1. The van der Waals surface area contributed by atoms with Crippen LogP contribution in [0.4, 0.5) is 0 Å². The molecule has 100 valence electrons. The monoisotopic (exact) mass is 254 g/mol. The lowest BCUT2D eigenvalue weighted by Gasteiger charge is -2.33. The van der Waals surface area contributed by atoms with Crippen LogP contribution in [0.2, 0.25) is 0 Å². The predicted molar refractivity (Wildman–Crippen MR) is 64.2 cm³/mol. The van der Waals surface area contributed by atoms with Gasteiger partial charge in [-0.25, -0.2) is 4.98 Å². The fraction of sp³-hybridized carbons (Fsp3) is 0.583. The molecule has 0 radical (unpaired) electrons. The van der Waals surface area contributed by atoms with Crippen LogP contribution >= 0.6 is 0 Å². The Hall–Kier alpha value is -1.85. The van der Waals surface area contributed by atoms with E-state index in [0.29, 0.717) is 5.76 Å². The van der Waals surface area contributed by atoms with Crippen molar-refractivity contribution in [1.29, 1.82) is 0 Å². The average molecular weight is 254 g/mol. The van der Waals surface area contributed by atoms with Crippen LogP contribution in [0.25, 0.3) is 0 Å². The summed E-state index contributed by atoms with van der Waals surface area (Å²) < 4.78 is 4.95. The highest BCUT2D eigenvalue weighted by Crippen LogP contribution is 2.21. The second kappa shape index (κ2) is 5.20. The molecular formula is C12H18N2O4. The van der Waals surface area contributed by atoms with Crippen LogP contribution in [0.5, 0.6) is 0 Å². The maximum absolute atomic E-state index is 12.0. The van der Waals surface area contributed by atoms with Gasteiger partial charge in [-0.3, -0.25) is 9.59 Å². The number of carbonyl (C=O) groups is 2. The first-order valence-corrected chi connectivity index (χ1v) is 5.70. The molecule has 6 nitrogen and oxygen atoms in total. The third-order valence-electron chi connectivity index (χ3n) is 3.15. The van der Waals surface area contributed by atoms with Gasteiger partial charge < -0.3 is 14.8 Å². The van der Waals surface area contributed by atoms with E-state index in [1.165, 1.54) is 6.39 Å². The highest BCUT2D eigenvalue weighted by molar-refractivity contribution is 5.93. The van der Waals surface area contributed by atoms with Crippen LogP contribution in [0.1, 0.15) is 43.4 Å². The first-order valence-electron chi connectivity index (χ1n) is 5.70. The van der Waals surface area contributed by atoms with Gasteiger partial charge in [0.1, 0.15) is 5.76 Å². The summed E-state index contributed by atoms with van der Waals surface area (Å²) in [5.74, 6) is -0.985. The van der Waals surface area contributed by atoms with Gasteiger partial charge in [-0.05, 0) is 19.8 Å². The Balaban J connectivity index is 2.88. The number of carboxylic acid groups (broad SMARTS) is 1. The Bertz CT molecular complexity index is 453. The summed E-state index contributed by atoms with van der Waals surface area (Å²) in [7, 11) is 0. The van der Waals surface area contributed by atoms with Gasteiger partial charge in [0.05, 0.1) is 12.0 Å². The summed E-state index contributed by atoms with van der Waals surface area (Å²) in [5.41, 5.74) is -0.638. The molecule has 0 spiro atoms. The van der Waals surface area contributed by atoms with Crippen LogP contribution in [0, 0.1) is 12.8 Å². The van der Waals surface area contributed by atoms with E-state index < -0.39 is 17.4 Å². The summed E-state index contributed by atoms with van der Waals surface area (Å²) in [6, 6.07) is 0. The maximum Gasteiger partial charge on any atom is 0.305 e. The highest BCUT2D eigenvalue weighted by Gasteiger charge is 2.34. The highest BCUT2D eigenvalue weighted by atomic mass is 16.4. The molecule has 1 aromatic rings. The fourth-order valence-corrected chi connectivity index (χ4v) is 1.55. The number of carboxylic acids is 1. The summed E-state index contributed by atoms with van der Waals surface area (Å²) >= 11 is 0. The lowest BCUT2D eigenvalue weighted by molar-refractivity contribution is -0.138. The van der Waals surface area contributed by atoms with Crippen LogP contribution < -0.4 is 5.32 Å². The van der Waals surface area contributed by atoms with Crippen molar-refractivity contribution < 1.29 is 19.1 Å². The number of aliphatic carboxylic acids is 1. The Kier molecular flexibility index (Phi) is 4.11. The van der Waals surface area contributed by atoms with Gasteiger partial charge in [-0.15, -0.1) is 0 Å². The molecule has 0 saturated heterocycles. The molecule has 18 heavy (non-hydrogen) atoms. The normalized spacial score (nSPS) is 14.3. The zero-order valence-electron chi connectivity index (χ0n) is 11.0. The molecule has 0 bridgehead atoms. The molecule has 0 aliphatic rings. The minimum Gasteiger partial charge on any atom is -0.481 e. The Morgan fingerprint density at radius 3 is 2.56 bits per heavy atom. The van der Waals surface area contributed by atoms with Gasteiger partial charge in [-0.1, -0.05) is 13.8 Å². The minimum atomic E-state index is -0.955. The van der Waals surface area contributed by atoms with Gasteiger partial charge in [0.2, 0.25) is 0 Å². The van der Waals surface area contributed by atoms with Crippen molar-refractivity contribution >= 4 is 11.9 Å². The van der Waals surface area contributed by atoms with Crippen molar-refractivity contribution in [2.45, 2.75) is 39.7 Å². The van der Waals surface area contributed by atoms with Gasteiger partial charge in [0.25, 0.3) is 5.91 Å². The van der Waals surface area contributed by atoms with E-state index in [1.54, 1.807) is 13.8 Å². The van der Waals surface area contributed by atoms with E-state index in [4.69, 9.17) is 9.52 Å². The van der Waals surface area contributed by atoms with Gasteiger partial charge in [-0.2, -0.15) is 0 Å². The molecule has 0 aliphatic carbocycles. The molecule has 0 aliphatic heterocycles. The molecule has 1 unspecified atom stereocenters. The minimum absolute atomic E-state index is 0.0234. The number of amides is 1. The van der Waals surface area contributed by atoms with Crippen molar-refractivity contribution in [1.82, 2.24) is 10.3 Å². The lowest BCUT2D eigenvalue weighted by Crippen LogP contribution is -2.51. The molecule has 2 N–H and O–H groups in total. The summed E-state index contributed by atoms with van der Waals surface area (Å²) in [6.07, 6.45) is 1.04. The molecule has 1 atom stereocenters. The topological polar surface area (TPSA) is 92.4 Å². The van der Waals surface area contributed by atoms with E-state index in [9.17, 15) is 9.59 Å².